The van der Waals surface area contributed by atoms with Gasteiger partial charge in [-0.3, -0.25) is 10.3 Å². The molecule has 1 unspecified atom stereocenters. The van der Waals surface area contributed by atoms with E-state index in [1.54, 1.807) is 0 Å². The molecule has 66 valence electrons. The Hall–Kier alpha value is -1.35. The van der Waals surface area contributed by atoms with Crippen LogP contribution in [0.1, 0.15) is 0 Å². The molecule has 0 aliphatic carbocycles. The van der Waals surface area contributed by atoms with E-state index in [4.69, 9.17) is 0 Å². The summed E-state index contributed by atoms with van der Waals surface area (Å²) in [5.41, 5.74) is 1.31. The standard InChI is InChI=1S/C10H11N3/c1-2-4-8-7(3-1)10-9(5-11-8)12-6-13-10/h1-4,9,12-13H,5-6H2. The molecule has 13 heavy (non-hydrogen) atoms. The molecule has 1 atom stereocenters. The van der Waals surface area contributed by atoms with E-state index in [1.807, 2.05) is 6.07 Å². The number of hydrogen-bond donors (Lipinski definition) is 2. The van der Waals surface area contributed by atoms with Crippen LogP contribution >= 0.6 is 0 Å². The van der Waals surface area contributed by atoms with Crippen LogP contribution in [0.5, 0.6) is 0 Å². The van der Waals surface area contributed by atoms with Gasteiger partial charge in [0.05, 0.1) is 24.6 Å². The summed E-state index contributed by atoms with van der Waals surface area (Å²) in [6.07, 6.45) is 0. The topological polar surface area (TPSA) is 36.4 Å². The van der Waals surface area contributed by atoms with Crippen LogP contribution in [0.15, 0.2) is 29.3 Å². The largest absolute Gasteiger partial charge is 0.374 e. The predicted octanol–water partition coefficient (Wildman–Crippen LogP) is -1.05. The Kier molecular flexibility index (Phi) is 1.40. The van der Waals surface area contributed by atoms with Crippen LogP contribution in [0.4, 0.5) is 0 Å². The van der Waals surface area contributed by atoms with Gasteiger partial charge in [-0.2, -0.15) is 0 Å². The Balaban J connectivity index is 2.38. The first-order valence-electron chi connectivity index (χ1n) is 4.56. The molecule has 1 fully saturated rings. The highest BCUT2D eigenvalue weighted by molar-refractivity contribution is 5.52. The van der Waals surface area contributed by atoms with Crippen molar-refractivity contribution in [3.63, 3.8) is 0 Å². The monoisotopic (exact) mass is 173 g/mol. The lowest BCUT2D eigenvalue weighted by Crippen LogP contribution is -2.40. The molecule has 2 aliphatic rings. The van der Waals surface area contributed by atoms with Crippen molar-refractivity contribution in [3.8, 4) is 0 Å². The third kappa shape index (κ3) is 0.971. The SMILES string of the molecule is c1ccc2c(c1)=NCC1NCNC=21. The highest BCUT2D eigenvalue weighted by atomic mass is 15.2. The first-order chi connectivity index (χ1) is 6.45. The van der Waals surface area contributed by atoms with Crippen LogP contribution in [-0.2, 0) is 0 Å². The molecule has 1 aromatic carbocycles. The molecular formula is C10H11N3. The van der Waals surface area contributed by atoms with Crippen molar-refractivity contribution in [3.05, 3.63) is 34.8 Å². The molecule has 3 rings (SSSR count). The van der Waals surface area contributed by atoms with Gasteiger partial charge in [0.2, 0.25) is 0 Å². The highest BCUT2D eigenvalue weighted by Gasteiger charge is 2.22. The van der Waals surface area contributed by atoms with Crippen LogP contribution in [0.25, 0.3) is 5.70 Å². The molecule has 0 spiro atoms. The number of nitrogens with one attached hydrogen (secondary N) is 2. The number of nitrogens with zero attached hydrogens (tertiary/aromatic N) is 1. The minimum atomic E-state index is 0.412. The zero-order valence-corrected chi connectivity index (χ0v) is 7.25. The van der Waals surface area contributed by atoms with Crippen LogP contribution in [0, 0.1) is 0 Å². The van der Waals surface area contributed by atoms with E-state index in [9.17, 15) is 0 Å². The van der Waals surface area contributed by atoms with Gasteiger partial charge in [0, 0.05) is 10.9 Å². The van der Waals surface area contributed by atoms with E-state index in [0.29, 0.717) is 6.04 Å². The van der Waals surface area contributed by atoms with Gasteiger partial charge < -0.3 is 5.32 Å². The predicted molar refractivity (Wildman–Crippen MR) is 50.4 cm³/mol. The van der Waals surface area contributed by atoms with Crippen molar-refractivity contribution >= 4 is 5.70 Å². The summed E-state index contributed by atoms with van der Waals surface area (Å²) in [5.74, 6) is 0. The second-order valence-corrected chi connectivity index (χ2v) is 3.38. The quantitative estimate of drug-likeness (QED) is 0.525. The molecule has 3 heteroatoms. The minimum absolute atomic E-state index is 0.412. The van der Waals surface area contributed by atoms with Crippen molar-refractivity contribution in [1.82, 2.24) is 10.6 Å². The maximum Gasteiger partial charge on any atom is 0.0688 e. The Morgan fingerprint density at radius 1 is 1.31 bits per heavy atom. The number of fused-ring (bicyclic) bond motifs is 2. The summed E-state index contributed by atoms with van der Waals surface area (Å²) in [5, 5.41) is 9.09. The molecular weight excluding hydrogens is 162 g/mol. The molecule has 0 amide bonds. The Morgan fingerprint density at radius 3 is 3.23 bits per heavy atom. The fraction of sp³-hybridized carbons (Fsp3) is 0.300. The third-order valence-corrected chi connectivity index (χ3v) is 2.61. The van der Waals surface area contributed by atoms with Crippen LogP contribution in [-0.4, -0.2) is 19.3 Å². The molecule has 1 saturated heterocycles. The smallest absolute Gasteiger partial charge is 0.0688 e. The van der Waals surface area contributed by atoms with Gasteiger partial charge in [-0.15, -0.1) is 0 Å². The lowest BCUT2D eigenvalue weighted by molar-refractivity contribution is 0.671. The maximum absolute atomic E-state index is 4.51. The second-order valence-electron chi connectivity index (χ2n) is 3.38. The van der Waals surface area contributed by atoms with E-state index < -0.39 is 0 Å². The summed E-state index contributed by atoms with van der Waals surface area (Å²) in [7, 11) is 0. The first kappa shape index (κ1) is 7.09. The fourth-order valence-electron chi connectivity index (χ4n) is 1.96. The van der Waals surface area contributed by atoms with Gasteiger partial charge in [-0.05, 0) is 6.07 Å². The van der Waals surface area contributed by atoms with E-state index in [-0.39, 0.29) is 0 Å². The van der Waals surface area contributed by atoms with E-state index >= 15 is 0 Å². The van der Waals surface area contributed by atoms with Crippen molar-refractivity contribution in [2.45, 2.75) is 6.04 Å². The lowest BCUT2D eigenvalue weighted by Gasteiger charge is -2.12. The van der Waals surface area contributed by atoms with Crippen molar-refractivity contribution in [1.29, 1.82) is 0 Å². The average molecular weight is 173 g/mol. The maximum atomic E-state index is 4.51. The summed E-state index contributed by atoms with van der Waals surface area (Å²) in [6, 6.07) is 8.70. The average Bonchev–Trinajstić information content (AvgIpc) is 2.65. The Labute approximate surface area is 76.2 Å². The fourth-order valence-corrected chi connectivity index (χ4v) is 1.96. The molecule has 0 aromatic heterocycles. The number of para-hydroxylation sites is 1. The molecule has 1 aromatic rings. The van der Waals surface area contributed by atoms with Crippen LogP contribution in [0.2, 0.25) is 0 Å². The Bertz CT molecular complexity index is 449. The zero-order chi connectivity index (χ0) is 8.67. The van der Waals surface area contributed by atoms with E-state index in [0.717, 1.165) is 18.6 Å². The van der Waals surface area contributed by atoms with Crippen LogP contribution in [0.3, 0.4) is 0 Å². The Morgan fingerprint density at radius 2 is 2.23 bits per heavy atom. The van der Waals surface area contributed by atoms with Crippen molar-refractivity contribution in [2.75, 3.05) is 13.2 Å². The summed E-state index contributed by atoms with van der Waals surface area (Å²) >= 11 is 0. The highest BCUT2D eigenvalue weighted by Crippen LogP contribution is 2.04. The molecule has 2 aliphatic heterocycles. The summed E-state index contributed by atoms with van der Waals surface area (Å²) < 4.78 is 0. The zero-order valence-electron chi connectivity index (χ0n) is 7.25. The normalized spacial score (nSPS) is 24.3. The third-order valence-electron chi connectivity index (χ3n) is 2.61. The summed E-state index contributed by atoms with van der Waals surface area (Å²) in [4.78, 5) is 4.51. The van der Waals surface area contributed by atoms with Crippen molar-refractivity contribution < 1.29 is 0 Å². The number of benzene rings is 1. The molecule has 3 nitrogen and oxygen atoms in total. The van der Waals surface area contributed by atoms with Gasteiger partial charge in [0.25, 0.3) is 0 Å². The van der Waals surface area contributed by atoms with Crippen LogP contribution < -0.4 is 21.2 Å². The van der Waals surface area contributed by atoms with Gasteiger partial charge >= 0.3 is 0 Å². The second kappa shape index (κ2) is 2.57. The van der Waals surface area contributed by atoms with Gasteiger partial charge in [-0.25, -0.2) is 0 Å². The molecule has 0 radical (unpaired) electrons. The molecule has 2 N–H and O–H groups in total. The molecule has 0 saturated carbocycles. The van der Waals surface area contributed by atoms with E-state index in [1.165, 1.54) is 10.9 Å². The molecule has 0 bridgehead atoms. The summed E-state index contributed by atoms with van der Waals surface area (Å²) in [6.45, 7) is 1.73. The van der Waals surface area contributed by atoms with Gasteiger partial charge in [0.15, 0.2) is 0 Å². The number of rotatable bonds is 0. The minimum Gasteiger partial charge on any atom is -0.374 e. The van der Waals surface area contributed by atoms with Gasteiger partial charge in [0.1, 0.15) is 0 Å². The van der Waals surface area contributed by atoms with Crippen molar-refractivity contribution in [2.24, 2.45) is 4.99 Å². The van der Waals surface area contributed by atoms with Gasteiger partial charge in [-0.1, -0.05) is 18.2 Å². The van der Waals surface area contributed by atoms with E-state index in [2.05, 4.69) is 33.8 Å². The lowest BCUT2D eigenvalue weighted by atomic mass is 10.1. The molecule has 2 heterocycles. The number of hydrogen-bond acceptors (Lipinski definition) is 3. The first-order valence-corrected chi connectivity index (χ1v) is 4.56.